The average molecular weight is 574 g/mol. The lowest BCUT2D eigenvalue weighted by Gasteiger charge is -2.37. The molecular weight excluding hydrogens is 542 g/mol. The van der Waals surface area contributed by atoms with Crippen molar-refractivity contribution in [3.63, 3.8) is 0 Å². The minimum Gasteiger partial charge on any atom is -0.467 e. The van der Waals surface area contributed by atoms with Gasteiger partial charge in [-0.1, -0.05) is 54.6 Å². The maximum absolute atomic E-state index is 12.7. The van der Waals surface area contributed by atoms with Crippen LogP contribution in [0.25, 0.3) is 10.8 Å². The Morgan fingerprint density at radius 2 is 1.71 bits per heavy atom. The van der Waals surface area contributed by atoms with Crippen molar-refractivity contribution < 1.29 is 19.0 Å². The maximum atomic E-state index is 12.7. The first kappa shape index (κ1) is 27.1. The van der Waals surface area contributed by atoms with Gasteiger partial charge >= 0.3 is 6.09 Å². The zero-order valence-electron chi connectivity index (χ0n) is 23.0. The van der Waals surface area contributed by atoms with Gasteiger partial charge in [-0.05, 0) is 35.0 Å². The summed E-state index contributed by atoms with van der Waals surface area (Å²) in [7, 11) is 1.61. The normalized spacial score (nSPS) is 15.1. The van der Waals surface area contributed by atoms with Crippen molar-refractivity contribution in [2.45, 2.75) is 19.6 Å². The minimum absolute atomic E-state index is 0.185. The van der Waals surface area contributed by atoms with Gasteiger partial charge in [0.1, 0.15) is 18.2 Å². The minimum atomic E-state index is -0.296. The topological polar surface area (TPSA) is 80.3 Å². The molecule has 0 atom stereocenters. The summed E-state index contributed by atoms with van der Waals surface area (Å²) in [5, 5.41) is 2.48. The van der Waals surface area contributed by atoms with Crippen LogP contribution >= 0.6 is 11.6 Å². The molecule has 1 aromatic heterocycles. The van der Waals surface area contributed by atoms with Gasteiger partial charge in [-0.15, -0.1) is 0 Å². The number of hydrogen-bond donors (Lipinski definition) is 0. The zero-order chi connectivity index (χ0) is 28.2. The number of methoxy groups -OCH3 is 1. The first-order chi connectivity index (χ1) is 20.1. The number of ether oxygens (including phenoxy) is 3. The second kappa shape index (κ2) is 12.2. The van der Waals surface area contributed by atoms with Crippen molar-refractivity contribution in [2.24, 2.45) is 0 Å². The van der Waals surface area contributed by atoms with E-state index in [4.69, 9.17) is 25.8 Å². The van der Waals surface area contributed by atoms with Gasteiger partial charge in [0.25, 0.3) is 0 Å². The fraction of sp³-hybridized carbons (Fsp3) is 0.323. The Bertz CT molecular complexity index is 1530. The summed E-state index contributed by atoms with van der Waals surface area (Å²) in [6.45, 7) is 4.25. The van der Waals surface area contributed by atoms with Crippen LogP contribution in [0.1, 0.15) is 16.8 Å². The van der Waals surface area contributed by atoms with Gasteiger partial charge in [-0.3, -0.25) is 0 Å². The van der Waals surface area contributed by atoms with Gasteiger partial charge in [0.15, 0.2) is 6.79 Å². The first-order valence-electron chi connectivity index (χ1n) is 13.7. The maximum Gasteiger partial charge on any atom is 0.410 e. The van der Waals surface area contributed by atoms with Crippen molar-refractivity contribution in [1.29, 1.82) is 0 Å². The number of fused-ring (bicyclic) bond motifs is 2. The highest BCUT2D eigenvalue weighted by atomic mass is 35.5. The van der Waals surface area contributed by atoms with Crippen molar-refractivity contribution in [3.05, 3.63) is 88.8 Å². The van der Waals surface area contributed by atoms with Crippen molar-refractivity contribution in [3.8, 4) is 5.75 Å². The molecule has 0 unspecified atom stereocenters. The molecule has 9 nitrogen and oxygen atoms in total. The Hall–Kier alpha value is -4.08. The molecule has 212 valence electrons. The van der Waals surface area contributed by atoms with Crippen LogP contribution in [0.4, 0.5) is 16.3 Å². The van der Waals surface area contributed by atoms with Crippen LogP contribution in [0.3, 0.4) is 0 Å². The Morgan fingerprint density at radius 1 is 0.927 bits per heavy atom. The number of amides is 1. The van der Waals surface area contributed by atoms with Crippen LogP contribution in [-0.2, 0) is 29.0 Å². The van der Waals surface area contributed by atoms with Gasteiger partial charge < -0.3 is 28.9 Å². The molecule has 2 aliphatic heterocycles. The summed E-state index contributed by atoms with van der Waals surface area (Å²) >= 11 is 6.46. The molecule has 0 aliphatic carbocycles. The molecule has 10 heteroatoms. The molecule has 2 aliphatic rings. The van der Waals surface area contributed by atoms with E-state index in [1.54, 1.807) is 12.0 Å². The second-order valence-electron chi connectivity index (χ2n) is 10.1. The van der Waals surface area contributed by atoms with Gasteiger partial charge in [0.2, 0.25) is 5.28 Å². The first-order valence-corrected chi connectivity index (χ1v) is 14.1. The number of aromatic nitrogens is 2. The third kappa shape index (κ3) is 6.01. The zero-order valence-corrected chi connectivity index (χ0v) is 23.7. The Balaban J connectivity index is 1.17. The fourth-order valence-corrected chi connectivity index (χ4v) is 5.68. The van der Waals surface area contributed by atoms with Crippen LogP contribution in [0, 0.1) is 0 Å². The van der Waals surface area contributed by atoms with Crippen LogP contribution < -0.4 is 14.5 Å². The molecule has 41 heavy (non-hydrogen) atoms. The third-order valence-electron chi connectivity index (χ3n) is 7.56. The van der Waals surface area contributed by atoms with E-state index in [0.29, 0.717) is 32.7 Å². The molecule has 1 amide bonds. The standard InChI is InChI=1S/C31H32ClN5O4/c1-39-21-41-24-17-23-9-5-6-10-25(23)28(18-24)37-12-11-26-27(19-37)33-30(32)34-29(26)35-13-15-36(16-14-35)31(38)40-20-22-7-3-2-4-8-22/h2-10,17-18H,11-16,19-21H2,1H3. The number of piperazine rings is 1. The molecule has 6 rings (SSSR count). The quantitative estimate of drug-likeness (QED) is 0.218. The summed E-state index contributed by atoms with van der Waals surface area (Å²) in [5.41, 5.74) is 4.09. The lowest BCUT2D eigenvalue weighted by molar-refractivity contribution is 0.0512. The highest BCUT2D eigenvalue weighted by Gasteiger charge is 2.29. The number of benzene rings is 3. The predicted octanol–water partition coefficient (Wildman–Crippen LogP) is 5.29. The molecular formula is C31H32ClN5O4. The van der Waals surface area contributed by atoms with Crippen LogP contribution in [-0.4, -0.2) is 67.6 Å². The third-order valence-corrected chi connectivity index (χ3v) is 7.73. The summed E-state index contributed by atoms with van der Waals surface area (Å²) in [4.78, 5) is 28.2. The number of hydrogen-bond acceptors (Lipinski definition) is 8. The lowest BCUT2D eigenvalue weighted by atomic mass is 10.0. The molecule has 0 saturated carbocycles. The molecule has 0 bridgehead atoms. The average Bonchev–Trinajstić information content (AvgIpc) is 3.02. The predicted molar refractivity (Wildman–Crippen MR) is 159 cm³/mol. The van der Waals surface area contributed by atoms with Gasteiger partial charge in [0, 0.05) is 62.5 Å². The molecule has 3 aromatic carbocycles. The van der Waals surface area contributed by atoms with Crippen molar-refractivity contribution in [2.75, 3.05) is 56.4 Å². The van der Waals surface area contributed by atoms with E-state index < -0.39 is 0 Å². The van der Waals surface area contributed by atoms with E-state index >= 15 is 0 Å². The number of halogens is 1. The molecule has 4 aromatic rings. The SMILES string of the molecule is COCOc1cc(N2CCc3c(nc(Cl)nc3N3CCN(C(=O)OCc4ccccc4)CC3)C2)c2ccccc2c1. The Kier molecular flexibility index (Phi) is 8.07. The number of rotatable bonds is 7. The van der Waals surface area contributed by atoms with E-state index in [2.05, 4.69) is 38.0 Å². The molecule has 0 spiro atoms. The summed E-state index contributed by atoms with van der Waals surface area (Å²) in [5.74, 6) is 1.62. The highest BCUT2D eigenvalue weighted by Crippen LogP contribution is 2.36. The van der Waals surface area contributed by atoms with E-state index in [-0.39, 0.29) is 24.8 Å². The summed E-state index contributed by atoms with van der Waals surface area (Å²) in [6.07, 6.45) is 0.481. The largest absolute Gasteiger partial charge is 0.467 e. The fourth-order valence-electron chi connectivity index (χ4n) is 5.50. The number of carbonyl (C=O) groups excluding carboxylic acids is 1. The van der Waals surface area contributed by atoms with Crippen LogP contribution in [0.2, 0.25) is 5.28 Å². The molecule has 0 N–H and O–H groups in total. The van der Waals surface area contributed by atoms with E-state index in [1.807, 2.05) is 48.5 Å². The number of anilines is 2. The van der Waals surface area contributed by atoms with Crippen LogP contribution in [0.5, 0.6) is 5.75 Å². The van der Waals surface area contributed by atoms with Crippen molar-refractivity contribution in [1.82, 2.24) is 14.9 Å². The molecule has 1 fully saturated rings. The van der Waals surface area contributed by atoms with Crippen LogP contribution in [0.15, 0.2) is 66.7 Å². The second-order valence-corrected chi connectivity index (χ2v) is 10.5. The Labute approximate surface area is 244 Å². The Morgan fingerprint density at radius 3 is 2.51 bits per heavy atom. The van der Waals surface area contributed by atoms with E-state index in [0.717, 1.165) is 57.8 Å². The summed E-state index contributed by atoms with van der Waals surface area (Å²) < 4.78 is 16.5. The van der Waals surface area contributed by atoms with Gasteiger partial charge in [-0.2, -0.15) is 0 Å². The van der Waals surface area contributed by atoms with Gasteiger partial charge in [-0.25, -0.2) is 14.8 Å². The lowest BCUT2D eigenvalue weighted by Crippen LogP contribution is -2.49. The molecule has 3 heterocycles. The number of carbonyl (C=O) groups is 1. The smallest absolute Gasteiger partial charge is 0.410 e. The highest BCUT2D eigenvalue weighted by molar-refractivity contribution is 6.28. The van der Waals surface area contributed by atoms with E-state index in [9.17, 15) is 4.79 Å². The summed E-state index contributed by atoms with van der Waals surface area (Å²) in [6, 6.07) is 22.1. The monoisotopic (exact) mass is 573 g/mol. The molecule has 0 radical (unpaired) electrons. The van der Waals surface area contributed by atoms with E-state index in [1.165, 1.54) is 0 Å². The van der Waals surface area contributed by atoms with Gasteiger partial charge in [0.05, 0.1) is 12.2 Å². The van der Waals surface area contributed by atoms with Crippen molar-refractivity contribution >= 4 is 40.0 Å². The number of nitrogens with zero attached hydrogens (tertiary/aromatic N) is 5. The molecule has 1 saturated heterocycles.